The molecule has 0 saturated carbocycles. The van der Waals surface area contributed by atoms with Crippen molar-refractivity contribution in [2.24, 2.45) is 0 Å². The molecule has 0 saturated heterocycles. The summed E-state index contributed by atoms with van der Waals surface area (Å²) in [7, 11) is 0. The van der Waals surface area contributed by atoms with Crippen LogP contribution in [0.2, 0.25) is 0 Å². The lowest BCUT2D eigenvalue weighted by atomic mass is 9.92. The van der Waals surface area contributed by atoms with E-state index in [0.717, 1.165) is 0 Å². The summed E-state index contributed by atoms with van der Waals surface area (Å²) in [4.78, 5) is 0. The van der Waals surface area contributed by atoms with E-state index < -0.39 is 0 Å². The molecule has 1 aromatic rings. The molecule has 0 aliphatic carbocycles. The zero-order valence-corrected chi connectivity index (χ0v) is 18.5. The molecule has 0 N–H and O–H groups in total. The van der Waals surface area contributed by atoms with Gasteiger partial charge in [0.25, 0.3) is 0 Å². The maximum Gasteiger partial charge on any atom is -0.0276 e. The topological polar surface area (TPSA) is 0 Å². The van der Waals surface area contributed by atoms with Crippen molar-refractivity contribution in [3.63, 3.8) is 0 Å². The van der Waals surface area contributed by atoms with Crippen LogP contribution in [0.15, 0.2) is 12.1 Å². The molecule has 1 rings (SSSR count). The second-order valence-corrected chi connectivity index (χ2v) is 8.34. The minimum Gasteiger partial charge on any atom is -0.0654 e. The molecule has 0 heteroatoms. The third-order valence-electron chi connectivity index (χ3n) is 6.12. The molecule has 0 aliphatic rings. The summed E-state index contributed by atoms with van der Waals surface area (Å²) in [6.45, 7) is 9.13. The highest BCUT2D eigenvalue weighted by Gasteiger charge is 2.06. The van der Waals surface area contributed by atoms with E-state index in [9.17, 15) is 0 Å². The summed E-state index contributed by atoms with van der Waals surface area (Å²) in [6, 6.07) is 4.69. The molecular weight excluding hydrogens is 312 g/mol. The Labute approximate surface area is 165 Å². The van der Waals surface area contributed by atoms with Gasteiger partial charge in [-0.2, -0.15) is 0 Å². The van der Waals surface area contributed by atoms with Gasteiger partial charge in [0, 0.05) is 0 Å². The molecule has 0 atom stereocenters. The molecule has 0 aliphatic heterocycles. The van der Waals surface area contributed by atoms with Crippen molar-refractivity contribution in [1.29, 1.82) is 0 Å². The van der Waals surface area contributed by atoms with Gasteiger partial charge in [-0.25, -0.2) is 0 Å². The van der Waals surface area contributed by atoms with Gasteiger partial charge in [0.1, 0.15) is 0 Å². The molecule has 0 fully saturated rings. The number of aryl methyl sites for hydroxylation is 2. The normalized spacial score (nSPS) is 11.2. The van der Waals surface area contributed by atoms with Gasteiger partial charge in [-0.1, -0.05) is 109 Å². The first-order valence-electron chi connectivity index (χ1n) is 11.8. The van der Waals surface area contributed by atoms with Crippen molar-refractivity contribution in [3.8, 4) is 0 Å². The largest absolute Gasteiger partial charge is 0.0654 e. The molecule has 0 radical (unpaired) electrons. The summed E-state index contributed by atoms with van der Waals surface area (Å²) < 4.78 is 0. The number of hydrogen-bond acceptors (Lipinski definition) is 0. The highest BCUT2D eigenvalue weighted by Crippen LogP contribution is 2.21. The van der Waals surface area contributed by atoms with E-state index in [1.165, 1.54) is 114 Å². The number of hydrogen-bond donors (Lipinski definition) is 0. The summed E-state index contributed by atoms with van der Waals surface area (Å²) in [5.41, 5.74) is 6.19. The van der Waals surface area contributed by atoms with Crippen molar-refractivity contribution in [2.75, 3.05) is 0 Å². The van der Waals surface area contributed by atoms with E-state index in [1.54, 1.807) is 11.1 Å². The standard InChI is InChI=1S/C26H46/c1-5-7-8-9-10-11-12-13-14-15-16-17-18-19-20-25-22-21-23(3)24(4)26(25)6-2/h21-22H,5-20H2,1-4H3. The Morgan fingerprint density at radius 2 is 1.04 bits per heavy atom. The fraction of sp³-hybridized carbons (Fsp3) is 0.769. The molecular formula is C26H46. The third kappa shape index (κ3) is 9.79. The Morgan fingerprint density at radius 1 is 0.577 bits per heavy atom. The zero-order valence-electron chi connectivity index (χ0n) is 18.5. The smallest absolute Gasteiger partial charge is 0.0276 e. The molecule has 0 spiro atoms. The van der Waals surface area contributed by atoms with Crippen LogP contribution < -0.4 is 0 Å². The first kappa shape index (κ1) is 23.3. The van der Waals surface area contributed by atoms with Crippen LogP contribution in [0.1, 0.15) is 126 Å². The van der Waals surface area contributed by atoms with Crippen molar-refractivity contribution in [1.82, 2.24) is 0 Å². The summed E-state index contributed by atoms with van der Waals surface area (Å²) in [5.74, 6) is 0. The van der Waals surface area contributed by atoms with Crippen LogP contribution in [-0.4, -0.2) is 0 Å². The first-order chi connectivity index (χ1) is 12.7. The fourth-order valence-electron chi connectivity index (χ4n) is 4.17. The van der Waals surface area contributed by atoms with Crippen molar-refractivity contribution in [3.05, 3.63) is 34.4 Å². The number of unbranched alkanes of at least 4 members (excludes halogenated alkanes) is 13. The van der Waals surface area contributed by atoms with E-state index >= 15 is 0 Å². The van der Waals surface area contributed by atoms with Gasteiger partial charge in [0.15, 0.2) is 0 Å². The molecule has 0 unspecified atom stereocenters. The Kier molecular flexibility index (Phi) is 13.7. The van der Waals surface area contributed by atoms with E-state index in [4.69, 9.17) is 0 Å². The Balaban J connectivity index is 1.96. The van der Waals surface area contributed by atoms with Crippen LogP contribution in [0, 0.1) is 13.8 Å². The third-order valence-corrected chi connectivity index (χ3v) is 6.12. The van der Waals surface area contributed by atoms with Crippen LogP contribution in [0.25, 0.3) is 0 Å². The highest BCUT2D eigenvalue weighted by atomic mass is 14.1. The number of benzene rings is 1. The van der Waals surface area contributed by atoms with E-state index in [2.05, 4.69) is 39.8 Å². The predicted molar refractivity (Wildman–Crippen MR) is 119 cm³/mol. The van der Waals surface area contributed by atoms with Crippen molar-refractivity contribution in [2.45, 2.75) is 130 Å². The maximum absolute atomic E-state index is 2.38. The van der Waals surface area contributed by atoms with Crippen LogP contribution in [-0.2, 0) is 12.8 Å². The second-order valence-electron chi connectivity index (χ2n) is 8.34. The first-order valence-corrected chi connectivity index (χ1v) is 11.8. The molecule has 0 nitrogen and oxygen atoms in total. The lowest BCUT2D eigenvalue weighted by Gasteiger charge is -2.13. The van der Waals surface area contributed by atoms with E-state index in [0.29, 0.717) is 0 Å². The SMILES string of the molecule is CCCCCCCCCCCCCCCCc1ccc(C)c(C)c1CC. The minimum absolute atomic E-state index is 1.18. The Morgan fingerprint density at radius 3 is 1.50 bits per heavy atom. The predicted octanol–water partition coefficient (Wildman–Crippen LogP) is 8.89. The van der Waals surface area contributed by atoms with Gasteiger partial charge in [-0.3, -0.25) is 0 Å². The molecule has 0 amide bonds. The van der Waals surface area contributed by atoms with Gasteiger partial charge < -0.3 is 0 Å². The second kappa shape index (κ2) is 15.3. The summed E-state index contributed by atoms with van der Waals surface area (Å²) in [6.07, 6.45) is 22.6. The molecule has 150 valence electrons. The molecule has 26 heavy (non-hydrogen) atoms. The molecule has 0 heterocycles. The lowest BCUT2D eigenvalue weighted by molar-refractivity contribution is 0.535. The molecule has 0 aromatic heterocycles. The van der Waals surface area contributed by atoms with Gasteiger partial charge in [-0.15, -0.1) is 0 Å². The number of rotatable bonds is 16. The van der Waals surface area contributed by atoms with Crippen LogP contribution in [0.4, 0.5) is 0 Å². The monoisotopic (exact) mass is 358 g/mol. The minimum atomic E-state index is 1.18. The fourth-order valence-corrected chi connectivity index (χ4v) is 4.17. The average Bonchev–Trinajstić information content (AvgIpc) is 2.65. The van der Waals surface area contributed by atoms with E-state index in [-0.39, 0.29) is 0 Å². The van der Waals surface area contributed by atoms with Gasteiger partial charge in [0.2, 0.25) is 0 Å². The van der Waals surface area contributed by atoms with Crippen LogP contribution in [0.3, 0.4) is 0 Å². The quantitative estimate of drug-likeness (QED) is 0.259. The highest BCUT2D eigenvalue weighted by molar-refractivity contribution is 5.39. The average molecular weight is 359 g/mol. The molecule has 1 aromatic carbocycles. The molecule has 0 bridgehead atoms. The van der Waals surface area contributed by atoms with Crippen LogP contribution >= 0.6 is 0 Å². The zero-order chi connectivity index (χ0) is 19.0. The summed E-state index contributed by atoms with van der Waals surface area (Å²) >= 11 is 0. The summed E-state index contributed by atoms with van der Waals surface area (Å²) in [5, 5.41) is 0. The van der Waals surface area contributed by atoms with Crippen molar-refractivity contribution >= 4 is 0 Å². The van der Waals surface area contributed by atoms with E-state index in [1.807, 2.05) is 0 Å². The lowest BCUT2D eigenvalue weighted by Crippen LogP contribution is -1.98. The Bertz CT molecular complexity index is 457. The van der Waals surface area contributed by atoms with Gasteiger partial charge >= 0.3 is 0 Å². The van der Waals surface area contributed by atoms with Crippen LogP contribution in [0.5, 0.6) is 0 Å². The maximum atomic E-state index is 2.38. The Hall–Kier alpha value is -0.780. The van der Waals surface area contributed by atoms with Gasteiger partial charge in [0.05, 0.1) is 0 Å². The van der Waals surface area contributed by atoms with Gasteiger partial charge in [-0.05, 0) is 55.4 Å². The van der Waals surface area contributed by atoms with Crippen molar-refractivity contribution < 1.29 is 0 Å².